The second-order valence-electron chi connectivity index (χ2n) is 2.03. The van der Waals surface area contributed by atoms with Crippen LogP contribution >= 0.6 is 0 Å². The first kappa shape index (κ1) is 7.67. The predicted molar refractivity (Wildman–Crippen MR) is 34.4 cm³/mol. The number of carbonyl (C=O) groups excluding carboxylic acids is 1. The van der Waals surface area contributed by atoms with Crippen molar-refractivity contribution < 1.29 is 4.79 Å². The summed E-state index contributed by atoms with van der Waals surface area (Å²) in [4.78, 5) is 9.81. The molecule has 0 spiro atoms. The first-order valence-corrected chi connectivity index (χ1v) is 3.20. The van der Waals surface area contributed by atoms with Crippen molar-refractivity contribution in [3.8, 4) is 0 Å². The molecular weight excluding hydrogens is 100 g/mol. The summed E-state index contributed by atoms with van der Waals surface area (Å²) in [7, 11) is 0. The van der Waals surface area contributed by atoms with Crippen molar-refractivity contribution >= 4 is 6.29 Å². The SMILES string of the molecule is CCC(CC)C[C]=O. The molecular formula is C7H13O. The lowest BCUT2D eigenvalue weighted by molar-refractivity contribution is 0.481. The molecule has 0 atom stereocenters. The standard InChI is InChI=1S/C7H13O/c1-3-7(4-2)5-6-8/h7H,3-5H2,1-2H3. The summed E-state index contributed by atoms with van der Waals surface area (Å²) in [6, 6.07) is 0. The van der Waals surface area contributed by atoms with E-state index in [4.69, 9.17) is 0 Å². The molecule has 0 saturated heterocycles. The molecule has 0 aliphatic heterocycles. The van der Waals surface area contributed by atoms with E-state index in [1.54, 1.807) is 0 Å². The molecule has 0 unspecified atom stereocenters. The van der Waals surface area contributed by atoms with Crippen LogP contribution in [0.25, 0.3) is 0 Å². The highest BCUT2D eigenvalue weighted by atomic mass is 16.1. The van der Waals surface area contributed by atoms with Crippen LogP contribution in [0.3, 0.4) is 0 Å². The highest BCUT2D eigenvalue weighted by Gasteiger charge is 2.00. The fourth-order valence-electron chi connectivity index (χ4n) is 0.695. The Morgan fingerprint density at radius 3 is 2.00 bits per heavy atom. The van der Waals surface area contributed by atoms with Gasteiger partial charge in [0.25, 0.3) is 0 Å². The molecule has 8 heavy (non-hydrogen) atoms. The van der Waals surface area contributed by atoms with Crippen LogP contribution in [-0.4, -0.2) is 6.29 Å². The molecule has 47 valence electrons. The van der Waals surface area contributed by atoms with E-state index in [-0.39, 0.29) is 0 Å². The Kier molecular flexibility index (Phi) is 4.62. The van der Waals surface area contributed by atoms with E-state index in [0.717, 1.165) is 12.8 Å². The topological polar surface area (TPSA) is 17.1 Å². The van der Waals surface area contributed by atoms with E-state index < -0.39 is 0 Å². The van der Waals surface area contributed by atoms with Gasteiger partial charge in [0.1, 0.15) is 0 Å². The Bertz CT molecular complexity index is 55.4. The largest absolute Gasteiger partial charge is 0.291 e. The van der Waals surface area contributed by atoms with Gasteiger partial charge >= 0.3 is 0 Å². The van der Waals surface area contributed by atoms with Gasteiger partial charge in [-0.05, 0) is 5.92 Å². The zero-order valence-electron chi connectivity index (χ0n) is 5.61. The van der Waals surface area contributed by atoms with E-state index in [1.165, 1.54) is 0 Å². The second-order valence-corrected chi connectivity index (χ2v) is 2.03. The predicted octanol–water partition coefficient (Wildman–Crippen LogP) is 1.92. The van der Waals surface area contributed by atoms with E-state index in [1.807, 2.05) is 6.29 Å². The van der Waals surface area contributed by atoms with E-state index in [9.17, 15) is 4.79 Å². The van der Waals surface area contributed by atoms with Gasteiger partial charge < -0.3 is 0 Å². The minimum Gasteiger partial charge on any atom is -0.291 e. The van der Waals surface area contributed by atoms with E-state index in [2.05, 4.69) is 13.8 Å². The van der Waals surface area contributed by atoms with Gasteiger partial charge in [0, 0.05) is 6.42 Å². The zero-order chi connectivity index (χ0) is 6.41. The fourth-order valence-corrected chi connectivity index (χ4v) is 0.695. The first-order chi connectivity index (χ1) is 3.85. The molecule has 0 heterocycles. The molecule has 0 aliphatic rings. The Labute approximate surface area is 51.1 Å². The molecule has 0 aliphatic carbocycles. The van der Waals surface area contributed by atoms with Crippen LogP contribution in [0.2, 0.25) is 0 Å². The van der Waals surface area contributed by atoms with Gasteiger partial charge in [-0.1, -0.05) is 26.7 Å². The fraction of sp³-hybridized carbons (Fsp3) is 0.857. The minimum absolute atomic E-state index is 0.576. The van der Waals surface area contributed by atoms with Crippen molar-refractivity contribution in [3.63, 3.8) is 0 Å². The quantitative estimate of drug-likeness (QED) is 0.544. The van der Waals surface area contributed by atoms with Gasteiger partial charge in [-0.25, -0.2) is 0 Å². The highest BCUT2D eigenvalue weighted by molar-refractivity contribution is 5.50. The minimum atomic E-state index is 0.576. The molecule has 1 radical (unpaired) electrons. The molecule has 0 aromatic heterocycles. The summed E-state index contributed by atoms with van der Waals surface area (Å²) in [6.45, 7) is 4.21. The van der Waals surface area contributed by atoms with Crippen LogP contribution in [-0.2, 0) is 4.79 Å². The highest BCUT2D eigenvalue weighted by Crippen LogP contribution is 2.09. The normalized spacial score (nSPS) is 9.88. The summed E-state index contributed by atoms with van der Waals surface area (Å²) in [5.74, 6) is 0.576. The summed E-state index contributed by atoms with van der Waals surface area (Å²) in [5, 5.41) is 0. The van der Waals surface area contributed by atoms with Gasteiger partial charge in [0.15, 0.2) is 6.29 Å². The van der Waals surface area contributed by atoms with E-state index >= 15 is 0 Å². The van der Waals surface area contributed by atoms with Crippen LogP contribution in [0, 0.1) is 5.92 Å². The summed E-state index contributed by atoms with van der Waals surface area (Å²) < 4.78 is 0. The maximum absolute atomic E-state index is 9.81. The smallest absolute Gasteiger partial charge is 0.198 e. The number of hydrogen-bond donors (Lipinski definition) is 0. The van der Waals surface area contributed by atoms with Crippen molar-refractivity contribution in [1.82, 2.24) is 0 Å². The third-order valence-corrected chi connectivity index (χ3v) is 1.53. The number of rotatable bonds is 4. The lowest BCUT2D eigenvalue weighted by atomic mass is 10.0. The third-order valence-electron chi connectivity index (χ3n) is 1.53. The molecule has 0 aromatic rings. The van der Waals surface area contributed by atoms with E-state index in [0.29, 0.717) is 12.3 Å². The maximum Gasteiger partial charge on any atom is 0.198 e. The summed E-state index contributed by atoms with van der Waals surface area (Å²) in [5.41, 5.74) is 0. The average Bonchev–Trinajstić information content (AvgIpc) is 1.83. The van der Waals surface area contributed by atoms with Crippen LogP contribution in [0.4, 0.5) is 0 Å². The Morgan fingerprint density at radius 2 is 1.88 bits per heavy atom. The summed E-state index contributed by atoms with van der Waals surface area (Å²) >= 11 is 0. The molecule has 0 N–H and O–H groups in total. The lowest BCUT2D eigenvalue weighted by Crippen LogP contribution is -1.95. The van der Waals surface area contributed by atoms with Crippen LogP contribution in [0.1, 0.15) is 33.1 Å². The molecule has 0 aromatic carbocycles. The van der Waals surface area contributed by atoms with Crippen LogP contribution in [0.5, 0.6) is 0 Å². The molecule has 1 nitrogen and oxygen atoms in total. The lowest BCUT2D eigenvalue weighted by Gasteiger charge is -2.04. The number of hydrogen-bond acceptors (Lipinski definition) is 1. The van der Waals surface area contributed by atoms with Gasteiger partial charge in [0.05, 0.1) is 0 Å². The van der Waals surface area contributed by atoms with Crippen molar-refractivity contribution in [1.29, 1.82) is 0 Å². The molecule has 0 amide bonds. The molecule has 0 fully saturated rings. The van der Waals surface area contributed by atoms with Crippen molar-refractivity contribution in [2.45, 2.75) is 33.1 Å². The van der Waals surface area contributed by atoms with Gasteiger partial charge in [-0.15, -0.1) is 0 Å². The molecule has 0 bridgehead atoms. The third kappa shape index (κ3) is 2.78. The van der Waals surface area contributed by atoms with Crippen molar-refractivity contribution in [3.05, 3.63) is 0 Å². The Balaban J connectivity index is 3.20. The maximum atomic E-state index is 9.81. The van der Waals surface area contributed by atoms with Crippen LogP contribution < -0.4 is 0 Å². The molecule has 0 rings (SSSR count). The van der Waals surface area contributed by atoms with Gasteiger partial charge in [0.2, 0.25) is 0 Å². The van der Waals surface area contributed by atoms with Gasteiger partial charge in [-0.2, -0.15) is 0 Å². The van der Waals surface area contributed by atoms with Gasteiger partial charge in [-0.3, -0.25) is 4.79 Å². The first-order valence-electron chi connectivity index (χ1n) is 3.20. The Morgan fingerprint density at radius 1 is 1.38 bits per heavy atom. The molecule has 0 saturated carbocycles. The molecule has 1 heteroatoms. The van der Waals surface area contributed by atoms with Crippen molar-refractivity contribution in [2.24, 2.45) is 5.92 Å². The zero-order valence-corrected chi connectivity index (χ0v) is 5.61. The second kappa shape index (κ2) is 4.82. The Hall–Kier alpha value is -0.330. The monoisotopic (exact) mass is 113 g/mol. The average molecular weight is 113 g/mol. The summed E-state index contributed by atoms with van der Waals surface area (Å²) in [6.07, 6.45) is 4.74. The van der Waals surface area contributed by atoms with Crippen molar-refractivity contribution in [2.75, 3.05) is 0 Å². The van der Waals surface area contributed by atoms with Crippen LogP contribution in [0.15, 0.2) is 0 Å².